The van der Waals surface area contributed by atoms with Crippen LogP contribution in [0.4, 0.5) is 0 Å². The molecule has 0 atom stereocenters. The van der Waals surface area contributed by atoms with Crippen LogP contribution in [0.5, 0.6) is 0 Å². The molecule has 0 saturated heterocycles. The topological polar surface area (TPSA) is 26.3 Å². The van der Waals surface area contributed by atoms with Crippen molar-refractivity contribution in [1.29, 1.82) is 0 Å². The largest absolute Gasteiger partial charge is 0.469 e. The first-order valence-corrected chi connectivity index (χ1v) is 5.22. The minimum atomic E-state index is -0.116. The zero-order valence-corrected chi connectivity index (χ0v) is 8.82. The van der Waals surface area contributed by atoms with Crippen molar-refractivity contribution < 1.29 is 9.53 Å². The van der Waals surface area contributed by atoms with Gasteiger partial charge in [0.05, 0.1) is 7.11 Å². The monoisotopic (exact) mass is 198 g/mol. The van der Waals surface area contributed by atoms with Crippen molar-refractivity contribution >= 4 is 17.3 Å². The normalized spacial score (nSPS) is 10.0. The van der Waals surface area contributed by atoms with Gasteiger partial charge < -0.3 is 4.74 Å². The molecule has 0 amide bonds. The van der Waals surface area contributed by atoms with Gasteiger partial charge in [-0.3, -0.25) is 4.79 Å². The van der Waals surface area contributed by atoms with E-state index in [-0.39, 0.29) is 5.97 Å². The van der Waals surface area contributed by atoms with Gasteiger partial charge in [-0.15, -0.1) is 11.3 Å². The fourth-order valence-electron chi connectivity index (χ4n) is 1.16. The molecule has 0 bridgehead atoms. The van der Waals surface area contributed by atoms with Crippen LogP contribution in [0.2, 0.25) is 0 Å². The first-order chi connectivity index (χ1) is 6.24. The zero-order chi connectivity index (χ0) is 9.68. The number of methoxy groups -OCH3 is 1. The Morgan fingerprint density at radius 1 is 1.62 bits per heavy atom. The third-order valence-electron chi connectivity index (χ3n) is 1.98. The highest BCUT2D eigenvalue weighted by Gasteiger charge is 2.02. The molecule has 2 nitrogen and oxygen atoms in total. The van der Waals surface area contributed by atoms with Gasteiger partial charge in [-0.05, 0) is 36.8 Å². The maximum Gasteiger partial charge on any atom is 0.305 e. The van der Waals surface area contributed by atoms with Crippen molar-refractivity contribution in [3.8, 4) is 0 Å². The molecule has 72 valence electrons. The van der Waals surface area contributed by atoms with E-state index in [0.29, 0.717) is 6.42 Å². The molecule has 0 radical (unpaired) electrons. The molecule has 0 aliphatic heterocycles. The number of carbonyl (C=O) groups is 1. The molecule has 0 aromatic carbocycles. The second-order valence-electron chi connectivity index (χ2n) is 2.96. The van der Waals surface area contributed by atoms with Gasteiger partial charge >= 0.3 is 5.97 Å². The smallest absolute Gasteiger partial charge is 0.305 e. The van der Waals surface area contributed by atoms with Crippen molar-refractivity contribution in [2.45, 2.75) is 26.2 Å². The molecule has 1 heterocycles. The lowest BCUT2D eigenvalue weighted by atomic mass is 10.1. The maximum absolute atomic E-state index is 10.8. The molecule has 0 saturated carbocycles. The predicted octanol–water partition coefficient (Wildman–Crippen LogP) is 2.55. The number of hydrogen-bond donors (Lipinski definition) is 0. The number of hydrogen-bond acceptors (Lipinski definition) is 3. The minimum absolute atomic E-state index is 0.116. The van der Waals surface area contributed by atoms with Crippen molar-refractivity contribution in [2.75, 3.05) is 7.11 Å². The zero-order valence-electron chi connectivity index (χ0n) is 8.00. The molecular formula is C10H14O2S. The molecule has 0 fully saturated rings. The summed E-state index contributed by atoms with van der Waals surface area (Å²) in [7, 11) is 1.43. The first-order valence-electron chi connectivity index (χ1n) is 4.34. The summed E-state index contributed by atoms with van der Waals surface area (Å²) in [5.41, 5.74) is 1.33. The fourth-order valence-corrected chi connectivity index (χ4v) is 2.11. The van der Waals surface area contributed by atoms with Crippen LogP contribution in [-0.2, 0) is 16.0 Å². The van der Waals surface area contributed by atoms with Crippen LogP contribution >= 0.6 is 11.3 Å². The van der Waals surface area contributed by atoms with E-state index in [4.69, 9.17) is 0 Å². The molecule has 0 aliphatic carbocycles. The van der Waals surface area contributed by atoms with Gasteiger partial charge in [-0.2, -0.15) is 0 Å². The molecular weight excluding hydrogens is 184 g/mol. The van der Waals surface area contributed by atoms with E-state index in [1.807, 2.05) is 0 Å². The van der Waals surface area contributed by atoms with Crippen LogP contribution in [0.1, 0.15) is 23.3 Å². The average Bonchev–Trinajstić information content (AvgIpc) is 2.52. The first kappa shape index (κ1) is 10.3. The Hall–Kier alpha value is -0.830. The number of ether oxygens (including phenoxy) is 1. The lowest BCUT2D eigenvalue weighted by molar-refractivity contribution is -0.140. The predicted molar refractivity (Wildman–Crippen MR) is 54.0 cm³/mol. The van der Waals surface area contributed by atoms with Gasteiger partial charge in [0.2, 0.25) is 0 Å². The average molecular weight is 198 g/mol. The minimum Gasteiger partial charge on any atom is -0.469 e. The molecule has 0 unspecified atom stereocenters. The maximum atomic E-state index is 10.8. The summed E-state index contributed by atoms with van der Waals surface area (Å²) < 4.78 is 4.56. The number of thiophene rings is 1. The highest BCUT2D eigenvalue weighted by Crippen LogP contribution is 2.17. The van der Waals surface area contributed by atoms with E-state index in [0.717, 1.165) is 12.8 Å². The SMILES string of the molecule is COC(=O)CCCc1sccc1C. The summed E-state index contributed by atoms with van der Waals surface area (Å²) in [4.78, 5) is 12.2. The Labute approximate surface area is 82.5 Å². The number of aryl methyl sites for hydroxylation is 2. The summed E-state index contributed by atoms with van der Waals surface area (Å²) in [5, 5.41) is 2.09. The Morgan fingerprint density at radius 3 is 2.92 bits per heavy atom. The van der Waals surface area contributed by atoms with Crippen LogP contribution in [0.3, 0.4) is 0 Å². The molecule has 1 aromatic heterocycles. The summed E-state index contributed by atoms with van der Waals surface area (Å²) in [5.74, 6) is -0.116. The van der Waals surface area contributed by atoms with Crippen LogP contribution in [-0.4, -0.2) is 13.1 Å². The van der Waals surface area contributed by atoms with Gasteiger partial charge in [0.15, 0.2) is 0 Å². The van der Waals surface area contributed by atoms with Crippen molar-refractivity contribution in [2.24, 2.45) is 0 Å². The van der Waals surface area contributed by atoms with E-state index in [2.05, 4.69) is 23.1 Å². The van der Waals surface area contributed by atoms with E-state index in [9.17, 15) is 4.79 Å². The van der Waals surface area contributed by atoms with Gasteiger partial charge in [-0.1, -0.05) is 0 Å². The van der Waals surface area contributed by atoms with Crippen LogP contribution < -0.4 is 0 Å². The van der Waals surface area contributed by atoms with E-state index in [1.165, 1.54) is 17.6 Å². The lowest BCUT2D eigenvalue weighted by Crippen LogP contribution is -2.00. The molecule has 1 aromatic rings. The van der Waals surface area contributed by atoms with E-state index in [1.54, 1.807) is 11.3 Å². The van der Waals surface area contributed by atoms with E-state index >= 15 is 0 Å². The lowest BCUT2D eigenvalue weighted by Gasteiger charge is -1.99. The van der Waals surface area contributed by atoms with Crippen LogP contribution in [0.15, 0.2) is 11.4 Å². The van der Waals surface area contributed by atoms with Crippen molar-refractivity contribution in [3.05, 3.63) is 21.9 Å². The number of esters is 1. The summed E-state index contributed by atoms with van der Waals surface area (Å²) in [6, 6.07) is 2.11. The van der Waals surface area contributed by atoms with E-state index < -0.39 is 0 Å². The fraction of sp³-hybridized carbons (Fsp3) is 0.500. The highest BCUT2D eigenvalue weighted by atomic mass is 32.1. The summed E-state index contributed by atoms with van der Waals surface area (Å²) in [6.45, 7) is 2.10. The molecule has 13 heavy (non-hydrogen) atoms. The highest BCUT2D eigenvalue weighted by molar-refractivity contribution is 7.10. The third-order valence-corrected chi connectivity index (χ3v) is 3.06. The molecule has 0 aliphatic rings. The Bertz CT molecular complexity index is 278. The molecule has 0 spiro atoms. The standard InChI is InChI=1S/C10H14O2S/c1-8-6-7-13-9(8)4-3-5-10(11)12-2/h6-7H,3-5H2,1-2H3. The van der Waals surface area contributed by atoms with Crippen LogP contribution in [0.25, 0.3) is 0 Å². The van der Waals surface area contributed by atoms with Gasteiger partial charge in [0.1, 0.15) is 0 Å². The number of carbonyl (C=O) groups excluding carboxylic acids is 1. The Morgan fingerprint density at radius 2 is 2.38 bits per heavy atom. The quantitative estimate of drug-likeness (QED) is 0.695. The van der Waals surface area contributed by atoms with Crippen LogP contribution in [0, 0.1) is 6.92 Å². The van der Waals surface area contributed by atoms with Crippen molar-refractivity contribution in [1.82, 2.24) is 0 Å². The summed E-state index contributed by atoms with van der Waals surface area (Å²) >= 11 is 1.76. The second-order valence-corrected chi connectivity index (χ2v) is 3.96. The molecule has 1 rings (SSSR count). The Balaban J connectivity index is 2.28. The number of rotatable bonds is 4. The van der Waals surface area contributed by atoms with Crippen molar-refractivity contribution in [3.63, 3.8) is 0 Å². The summed E-state index contributed by atoms with van der Waals surface area (Å²) in [6.07, 6.45) is 2.39. The van der Waals surface area contributed by atoms with Gasteiger partial charge in [0, 0.05) is 11.3 Å². The molecule has 0 N–H and O–H groups in total. The second kappa shape index (κ2) is 5.02. The third kappa shape index (κ3) is 3.19. The Kier molecular flexibility index (Phi) is 3.96. The van der Waals surface area contributed by atoms with Gasteiger partial charge in [-0.25, -0.2) is 0 Å². The van der Waals surface area contributed by atoms with Gasteiger partial charge in [0.25, 0.3) is 0 Å². The molecule has 3 heteroatoms.